The van der Waals surface area contributed by atoms with E-state index in [2.05, 4.69) is 5.32 Å². The van der Waals surface area contributed by atoms with Gasteiger partial charge in [-0.2, -0.15) is 0 Å². The van der Waals surface area contributed by atoms with Crippen LogP contribution in [0.3, 0.4) is 0 Å². The molecule has 3 heteroatoms. The molecule has 1 rings (SSSR count). The van der Waals surface area contributed by atoms with Crippen molar-refractivity contribution < 1.29 is 9.59 Å². The third kappa shape index (κ3) is 1.59. The smallest absolute Gasteiger partial charge is 0.229 e. The lowest BCUT2D eigenvalue weighted by Crippen LogP contribution is -2.44. The van der Waals surface area contributed by atoms with Gasteiger partial charge in [-0.15, -0.1) is 0 Å². The van der Waals surface area contributed by atoms with Crippen LogP contribution in [-0.4, -0.2) is 11.8 Å². The van der Waals surface area contributed by atoms with E-state index in [4.69, 9.17) is 0 Å². The van der Waals surface area contributed by atoms with Crippen LogP contribution in [0.4, 0.5) is 0 Å². The number of carbonyl (C=O) groups is 2. The maximum absolute atomic E-state index is 11.0. The second-order valence-corrected chi connectivity index (χ2v) is 3.07. The summed E-state index contributed by atoms with van der Waals surface area (Å²) < 4.78 is 0. The normalized spacial score (nSPS) is 31.8. The second kappa shape index (κ2) is 3.03. The number of amides is 2. The van der Waals surface area contributed by atoms with Crippen LogP contribution in [0.2, 0.25) is 0 Å². The van der Waals surface area contributed by atoms with Gasteiger partial charge in [0.05, 0.1) is 0 Å². The third-order valence-corrected chi connectivity index (χ3v) is 2.36. The molecule has 1 heterocycles. The molecule has 1 N–H and O–H groups in total. The minimum Gasteiger partial charge on any atom is -0.296 e. The fourth-order valence-corrected chi connectivity index (χ4v) is 1.43. The first-order chi connectivity index (χ1) is 5.15. The van der Waals surface area contributed by atoms with Crippen LogP contribution in [0.1, 0.15) is 26.7 Å². The molecule has 11 heavy (non-hydrogen) atoms. The maximum Gasteiger partial charge on any atom is 0.229 e. The first-order valence-corrected chi connectivity index (χ1v) is 3.98. The predicted molar refractivity (Wildman–Crippen MR) is 40.7 cm³/mol. The molecule has 1 fully saturated rings. The van der Waals surface area contributed by atoms with Gasteiger partial charge in [0.2, 0.25) is 11.8 Å². The average molecular weight is 155 g/mol. The number of imide groups is 1. The van der Waals surface area contributed by atoms with Crippen molar-refractivity contribution in [3.8, 4) is 0 Å². The molecule has 0 aromatic rings. The highest BCUT2D eigenvalue weighted by Gasteiger charge is 2.30. The van der Waals surface area contributed by atoms with Gasteiger partial charge in [0.25, 0.3) is 0 Å². The lowest BCUT2D eigenvalue weighted by Gasteiger charge is -2.25. The van der Waals surface area contributed by atoms with Crippen LogP contribution in [0, 0.1) is 11.8 Å². The van der Waals surface area contributed by atoms with Gasteiger partial charge < -0.3 is 0 Å². The zero-order valence-electron chi connectivity index (χ0n) is 6.89. The lowest BCUT2D eigenvalue weighted by atomic mass is 9.85. The molecule has 1 aliphatic rings. The van der Waals surface area contributed by atoms with Gasteiger partial charge in [-0.05, 0) is 5.92 Å². The van der Waals surface area contributed by atoms with Crippen molar-refractivity contribution in [2.45, 2.75) is 26.7 Å². The quantitative estimate of drug-likeness (QED) is 0.566. The summed E-state index contributed by atoms with van der Waals surface area (Å²) in [6, 6.07) is 0. The van der Waals surface area contributed by atoms with E-state index in [0.717, 1.165) is 6.42 Å². The highest BCUT2D eigenvalue weighted by Crippen LogP contribution is 2.22. The van der Waals surface area contributed by atoms with Gasteiger partial charge in [0.1, 0.15) is 0 Å². The molecule has 3 nitrogen and oxygen atoms in total. The molecule has 2 unspecified atom stereocenters. The standard InChI is InChI=1S/C8H13NO2/c1-3-6-4-7(10)9-8(11)5(6)2/h5-6H,3-4H2,1-2H3,(H,9,10,11). The molecule has 1 aliphatic heterocycles. The molecule has 2 atom stereocenters. The zero-order valence-corrected chi connectivity index (χ0v) is 6.89. The number of nitrogens with one attached hydrogen (secondary N) is 1. The summed E-state index contributed by atoms with van der Waals surface area (Å²) in [5.41, 5.74) is 0. The summed E-state index contributed by atoms with van der Waals surface area (Å²) in [6.45, 7) is 3.88. The molecule has 0 bridgehead atoms. The van der Waals surface area contributed by atoms with Crippen molar-refractivity contribution in [2.24, 2.45) is 11.8 Å². The number of rotatable bonds is 1. The number of hydrogen-bond donors (Lipinski definition) is 1. The molecule has 0 aromatic heterocycles. The van der Waals surface area contributed by atoms with E-state index in [1.807, 2.05) is 13.8 Å². The highest BCUT2D eigenvalue weighted by molar-refractivity contribution is 5.98. The van der Waals surface area contributed by atoms with Crippen LogP contribution >= 0.6 is 0 Å². The molecule has 0 saturated carbocycles. The zero-order chi connectivity index (χ0) is 8.43. The minimum atomic E-state index is -0.125. The van der Waals surface area contributed by atoms with E-state index in [9.17, 15) is 9.59 Å². The molecule has 0 spiro atoms. The SMILES string of the molecule is CCC1CC(=O)NC(=O)C1C. The van der Waals surface area contributed by atoms with Crippen molar-refractivity contribution in [1.82, 2.24) is 5.32 Å². The lowest BCUT2D eigenvalue weighted by molar-refractivity contribution is -0.138. The fourth-order valence-electron chi connectivity index (χ4n) is 1.43. The van der Waals surface area contributed by atoms with Crippen LogP contribution in [-0.2, 0) is 9.59 Å². The first-order valence-electron chi connectivity index (χ1n) is 3.98. The summed E-state index contributed by atoms with van der Waals surface area (Å²) in [4.78, 5) is 21.9. The largest absolute Gasteiger partial charge is 0.296 e. The van der Waals surface area contributed by atoms with Crippen molar-refractivity contribution in [3.63, 3.8) is 0 Å². The Morgan fingerprint density at radius 3 is 2.73 bits per heavy atom. The van der Waals surface area contributed by atoms with Crippen molar-refractivity contribution in [1.29, 1.82) is 0 Å². The summed E-state index contributed by atoms with van der Waals surface area (Å²) in [5.74, 6) is 0.00185. The van der Waals surface area contributed by atoms with E-state index < -0.39 is 0 Å². The third-order valence-electron chi connectivity index (χ3n) is 2.36. The van der Waals surface area contributed by atoms with E-state index in [-0.39, 0.29) is 23.7 Å². The van der Waals surface area contributed by atoms with Gasteiger partial charge in [-0.3, -0.25) is 14.9 Å². The molecule has 1 saturated heterocycles. The highest BCUT2D eigenvalue weighted by atomic mass is 16.2. The maximum atomic E-state index is 11.0. The van der Waals surface area contributed by atoms with Crippen molar-refractivity contribution in [3.05, 3.63) is 0 Å². The Labute approximate surface area is 66.2 Å². The predicted octanol–water partition coefficient (Wildman–Crippen LogP) is 0.695. The van der Waals surface area contributed by atoms with Crippen LogP contribution < -0.4 is 5.32 Å². The van der Waals surface area contributed by atoms with Crippen LogP contribution in [0.15, 0.2) is 0 Å². The molecule has 2 amide bonds. The van der Waals surface area contributed by atoms with Gasteiger partial charge >= 0.3 is 0 Å². The molecule has 62 valence electrons. The van der Waals surface area contributed by atoms with Crippen LogP contribution in [0.5, 0.6) is 0 Å². The summed E-state index contributed by atoms with van der Waals surface area (Å²) >= 11 is 0. The fraction of sp³-hybridized carbons (Fsp3) is 0.750. The van der Waals surface area contributed by atoms with E-state index in [1.54, 1.807) is 0 Å². The molecule has 0 aromatic carbocycles. The van der Waals surface area contributed by atoms with Gasteiger partial charge in [0, 0.05) is 12.3 Å². The Hall–Kier alpha value is -0.860. The van der Waals surface area contributed by atoms with Crippen molar-refractivity contribution in [2.75, 3.05) is 0 Å². The van der Waals surface area contributed by atoms with Gasteiger partial charge in [-0.25, -0.2) is 0 Å². The Balaban J connectivity index is 2.66. The monoisotopic (exact) mass is 155 g/mol. The number of hydrogen-bond acceptors (Lipinski definition) is 2. The van der Waals surface area contributed by atoms with Gasteiger partial charge in [0.15, 0.2) is 0 Å². The van der Waals surface area contributed by atoms with E-state index in [1.165, 1.54) is 0 Å². The van der Waals surface area contributed by atoms with E-state index in [0.29, 0.717) is 6.42 Å². The van der Waals surface area contributed by atoms with Crippen molar-refractivity contribution >= 4 is 11.8 Å². The molecular weight excluding hydrogens is 142 g/mol. The summed E-state index contributed by atoms with van der Waals surface area (Å²) in [5, 5.41) is 2.32. The minimum absolute atomic E-state index is 0.00213. The molecular formula is C8H13NO2. The van der Waals surface area contributed by atoms with E-state index >= 15 is 0 Å². The molecule has 0 aliphatic carbocycles. The summed E-state index contributed by atoms with van der Waals surface area (Å²) in [6.07, 6.45) is 1.41. The number of piperidine rings is 1. The Morgan fingerprint density at radius 2 is 2.18 bits per heavy atom. The number of carbonyl (C=O) groups excluding carboxylic acids is 2. The first kappa shape index (κ1) is 8.24. The second-order valence-electron chi connectivity index (χ2n) is 3.07. The Bertz CT molecular complexity index is 189. The Kier molecular flexibility index (Phi) is 2.27. The average Bonchev–Trinajstić information content (AvgIpc) is 1.96. The van der Waals surface area contributed by atoms with Crippen LogP contribution in [0.25, 0.3) is 0 Å². The summed E-state index contributed by atoms with van der Waals surface area (Å²) in [7, 11) is 0. The Morgan fingerprint density at radius 1 is 1.55 bits per heavy atom. The topological polar surface area (TPSA) is 46.2 Å². The van der Waals surface area contributed by atoms with Gasteiger partial charge in [-0.1, -0.05) is 20.3 Å². The molecule has 0 radical (unpaired) electrons.